The molecule has 0 spiro atoms. The number of hydrogen-bond donors (Lipinski definition) is 2. The van der Waals surface area contributed by atoms with E-state index >= 15 is 0 Å². The van der Waals surface area contributed by atoms with Crippen LogP contribution in [0.15, 0.2) is 60.8 Å². The third-order valence-corrected chi connectivity index (χ3v) is 3.72. The van der Waals surface area contributed by atoms with Gasteiger partial charge >= 0.3 is 0 Å². The van der Waals surface area contributed by atoms with Gasteiger partial charge in [-0.05, 0) is 30.3 Å². The summed E-state index contributed by atoms with van der Waals surface area (Å²) in [5.74, 6) is -0.353. The molecule has 0 fully saturated rings. The summed E-state index contributed by atoms with van der Waals surface area (Å²) in [7, 11) is 0. The number of rotatable bonds is 1. The molecule has 4 nitrogen and oxygen atoms in total. The van der Waals surface area contributed by atoms with Crippen molar-refractivity contribution >= 4 is 21.8 Å². The molecule has 0 aliphatic heterocycles. The number of para-hydroxylation sites is 1. The molecule has 4 rings (SSSR count). The summed E-state index contributed by atoms with van der Waals surface area (Å²) in [4.78, 5) is 8.76. The second-order valence-corrected chi connectivity index (χ2v) is 5.09. The van der Waals surface area contributed by atoms with Gasteiger partial charge in [0.1, 0.15) is 5.69 Å². The average Bonchev–Trinajstić information content (AvgIpc) is 2.58. The molecule has 4 heteroatoms. The van der Waals surface area contributed by atoms with E-state index in [9.17, 15) is 10.2 Å². The minimum atomic E-state index is -0.207. The third-order valence-electron chi connectivity index (χ3n) is 3.72. The lowest BCUT2D eigenvalue weighted by Crippen LogP contribution is -1.89. The molecule has 0 aliphatic rings. The van der Waals surface area contributed by atoms with Crippen LogP contribution in [0.5, 0.6) is 11.5 Å². The van der Waals surface area contributed by atoms with Crippen molar-refractivity contribution in [1.29, 1.82) is 0 Å². The summed E-state index contributed by atoms with van der Waals surface area (Å²) < 4.78 is 0. The predicted molar refractivity (Wildman–Crippen MR) is 85.8 cm³/mol. The Morgan fingerprint density at radius 1 is 0.773 bits per heavy atom. The highest BCUT2D eigenvalue weighted by molar-refractivity contribution is 5.93. The number of aromatic nitrogens is 2. The van der Waals surface area contributed by atoms with Crippen LogP contribution in [-0.4, -0.2) is 20.2 Å². The first-order chi connectivity index (χ1) is 10.7. The van der Waals surface area contributed by atoms with E-state index in [2.05, 4.69) is 9.97 Å². The van der Waals surface area contributed by atoms with Crippen LogP contribution < -0.4 is 0 Å². The van der Waals surface area contributed by atoms with Crippen LogP contribution >= 0.6 is 0 Å². The van der Waals surface area contributed by atoms with E-state index in [1.807, 2.05) is 36.4 Å². The van der Waals surface area contributed by atoms with E-state index in [0.717, 1.165) is 16.5 Å². The Labute approximate surface area is 126 Å². The maximum atomic E-state index is 10.3. The summed E-state index contributed by atoms with van der Waals surface area (Å²) in [5.41, 5.74) is 2.61. The SMILES string of the molecule is Oc1c(-c2ccc3ncccc3c2)nc2ccccc2c1O. The molecule has 106 valence electrons. The monoisotopic (exact) mass is 288 g/mol. The molecule has 2 aromatic carbocycles. The van der Waals surface area contributed by atoms with E-state index in [4.69, 9.17) is 0 Å². The van der Waals surface area contributed by atoms with Crippen molar-refractivity contribution in [3.8, 4) is 22.8 Å². The van der Waals surface area contributed by atoms with Crippen molar-refractivity contribution in [2.24, 2.45) is 0 Å². The molecule has 0 aliphatic carbocycles. The Bertz CT molecular complexity index is 1010. The number of pyridine rings is 2. The zero-order valence-corrected chi connectivity index (χ0v) is 11.6. The van der Waals surface area contributed by atoms with Gasteiger partial charge in [0, 0.05) is 22.5 Å². The van der Waals surface area contributed by atoms with Gasteiger partial charge in [-0.25, -0.2) is 4.98 Å². The van der Waals surface area contributed by atoms with Crippen molar-refractivity contribution in [2.75, 3.05) is 0 Å². The van der Waals surface area contributed by atoms with Crippen LogP contribution in [0.1, 0.15) is 0 Å². The molecule has 0 saturated heterocycles. The molecule has 2 N–H and O–H groups in total. The highest BCUT2D eigenvalue weighted by Crippen LogP contribution is 2.40. The summed E-state index contributed by atoms with van der Waals surface area (Å²) in [6.07, 6.45) is 1.74. The van der Waals surface area contributed by atoms with Crippen molar-refractivity contribution in [3.05, 3.63) is 60.8 Å². The molecule has 2 heterocycles. The smallest absolute Gasteiger partial charge is 0.185 e. The van der Waals surface area contributed by atoms with E-state index in [0.29, 0.717) is 16.6 Å². The fraction of sp³-hybridized carbons (Fsp3) is 0. The molecular weight excluding hydrogens is 276 g/mol. The highest BCUT2D eigenvalue weighted by Gasteiger charge is 2.15. The first-order valence-corrected chi connectivity index (χ1v) is 6.90. The van der Waals surface area contributed by atoms with E-state index in [1.54, 1.807) is 24.4 Å². The minimum absolute atomic E-state index is 0.146. The second-order valence-electron chi connectivity index (χ2n) is 5.09. The summed E-state index contributed by atoms with van der Waals surface area (Å²) in [6, 6.07) is 16.6. The van der Waals surface area contributed by atoms with Gasteiger partial charge in [-0.3, -0.25) is 4.98 Å². The van der Waals surface area contributed by atoms with Gasteiger partial charge in [0.25, 0.3) is 0 Å². The third kappa shape index (κ3) is 1.85. The Morgan fingerprint density at radius 3 is 2.55 bits per heavy atom. The lowest BCUT2D eigenvalue weighted by atomic mass is 10.0. The van der Waals surface area contributed by atoms with Crippen LogP contribution in [0.25, 0.3) is 33.1 Å². The molecule has 0 radical (unpaired) electrons. The van der Waals surface area contributed by atoms with Gasteiger partial charge in [0.05, 0.1) is 11.0 Å². The summed E-state index contributed by atoms with van der Waals surface area (Å²) in [6.45, 7) is 0. The number of hydrogen-bond acceptors (Lipinski definition) is 4. The second kappa shape index (κ2) is 4.70. The van der Waals surface area contributed by atoms with Gasteiger partial charge in [-0.15, -0.1) is 0 Å². The van der Waals surface area contributed by atoms with Crippen molar-refractivity contribution < 1.29 is 10.2 Å². The van der Waals surface area contributed by atoms with Gasteiger partial charge in [0.15, 0.2) is 11.5 Å². The Morgan fingerprint density at radius 2 is 1.64 bits per heavy atom. The molecule has 0 saturated carbocycles. The van der Waals surface area contributed by atoms with Gasteiger partial charge in [-0.1, -0.05) is 24.3 Å². The predicted octanol–water partition coefficient (Wildman–Crippen LogP) is 3.86. The van der Waals surface area contributed by atoms with Crippen molar-refractivity contribution in [1.82, 2.24) is 9.97 Å². The quantitative estimate of drug-likeness (QED) is 0.558. The molecular formula is C18H12N2O2. The number of fused-ring (bicyclic) bond motifs is 2. The lowest BCUT2D eigenvalue weighted by Gasteiger charge is -2.09. The van der Waals surface area contributed by atoms with Crippen LogP contribution in [0.2, 0.25) is 0 Å². The molecule has 4 aromatic rings. The van der Waals surface area contributed by atoms with E-state index in [1.165, 1.54) is 0 Å². The van der Waals surface area contributed by atoms with Gasteiger partial charge < -0.3 is 10.2 Å². The van der Waals surface area contributed by atoms with Crippen molar-refractivity contribution in [2.45, 2.75) is 0 Å². The van der Waals surface area contributed by atoms with Crippen molar-refractivity contribution in [3.63, 3.8) is 0 Å². The fourth-order valence-electron chi connectivity index (χ4n) is 2.61. The van der Waals surface area contributed by atoms with Gasteiger partial charge in [-0.2, -0.15) is 0 Å². The summed E-state index contributed by atoms with van der Waals surface area (Å²) >= 11 is 0. The van der Waals surface area contributed by atoms with Crippen LogP contribution in [0.4, 0.5) is 0 Å². The molecule has 22 heavy (non-hydrogen) atoms. The maximum Gasteiger partial charge on any atom is 0.185 e. The number of benzene rings is 2. The largest absolute Gasteiger partial charge is 0.504 e. The standard InChI is InChI=1S/C18H12N2O2/c21-17-13-5-1-2-6-15(13)20-16(18(17)22)12-7-8-14-11(10-12)4-3-9-19-14/h1-10,22H,(H,20,21). The van der Waals surface area contributed by atoms with Crippen LogP contribution in [-0.2, 0) is 0 Å². The first kappa shape index (κ1) is 12.6. The Balaban J connectivity index is 2.01. The Kier molecular flexibility index (Phi) is 2.69. The fourth-order valence-corrected chi connectivity index (χ4v) is 2.61. The van der Waals surface area contributed by atoms with E-state index < -0.39 is 0 Å². The minimum Gasteiger partial charge on any atom is -0.504 e. The first-order valence-electron chi connectivity index (χ1n) is 6.90. The zero-order valence-electron chi connectivity index (χ0n) is 11.6. The maximum absolute atomic E-state index is 10.3. The van der Waals surface area contributed by atoms with E-state index in [-0.39, 0.29) is 11.5 Å². The average molecular weight is 288 g/mol. The topological polar surface area (TPSA) is 66.2 Å². The number of nitrogens with zero attached hydrogens (tertiary/aromatic N) is 2. The molecule has 0 unspecified atom stereocenters. The zero-order chi connectivity index (χ0) is 15.1. The normalized spacial score (nSPS) is 11.1. The molecule has 2 aromatic heterocycles. The highest BCUT2D eigenvalue weighted by atomic mass is 16.3. The van der Waals surface area contributed by atoms with Gasteiger partial charge in [0.2, 0.25) is 0 Å². The van der Waals surface area contributed by atoms with Crippen LogP contribution in [0.3, 0.4) is 0 Å². The lowest BCUT2D eigenvalue weighted by molar-refractivity contribution is 0.408. The summed E-state index contributed by atoms with van der Waals surface area (Å²) in [5, 5.41) is 22.0. The van der Waals surface area contributed by atoms with Crippen LogP contribution in [0, 0.1) is 0 Å². The molecule has 0 bridgehead atoms. The molecule has 0 amide bonds. The number of aromatic hydroxyl groups is 2. The Hall–Kier alpha value is -3.14. The molecule has 0 atom stereocenters.